The summed E-state index contributed by atoms with van der Waals surface area (Å²) < 4.78 is 13.6. The van der Waals surface area contributed by atoms with Gasteiger partial charge in [0.2, 0.25) is 5.96 Å². The lowest BCUT2D eigenvalue weighted by Crippen LogP contribution is -2.45. The molecular formula is C15H23FN4. The Morgan fingerprint density at radius 3 is 2.45 bits per heavy atom. The number of nitrogens with zero attached hydrogens (tertiary/aromatic N) is 1. The maximum atomic E-state index is 13.6. The van der Waals surface area contributed by atoms with Crippen molar-refractivity contribution in [2.24, 2.45) is 10.8 Å². The first-order valence-electron chi connectivity index (χ1n) is 7.13. The molecule has 20 heavy (non-hydrogen) atoms. The molecule has 0 radical (unpaired) electrons. The Labute approximate surface area is 119 Å². The van der Waals surface area contributed by atoms with Crippen molar-refractivity contribution in [3.8, 4) is 0 Å². The number of nitrogens with one attached hydrogen (secondary N) is 2. The molecule has 2 rings (SSSR count). The van der Waals surface area contributed by atoms with Crippen molar-refractivity contribution in [2.45, 2.75) is 52.1 Å². The smallest absolute Gasteiger partial charge is 0.206 e. The third-order valence-electron chi connectivity index (χ3n) is 3.75. The summed E-state index contributed by atoms with van der Waals surface area (Å²) in [5.41, 5.74) is 4.90. The van der Waals surface area contributed by atoms with Crippen molar-refractivity contribution in [2.75, 3.05) is 0 Å². The molecule has 0 aromatic heterocycles. The minimum Gasteiger partial charge on any atom is -0.353 e. The quantitative estimate of drug-likeness (QED) is 0.344. The molecule has 0 spiro atoms. The number of aliphatic imine (C=N–C) groups is 1. The second kappa shape index (κ2) is 6.70. The van der Waals surface area contributed by atoms with Crippen LogP contribution >= 0.6 is 0 Å². The molecule has 110 valence electrons. The predicted molar refractivity (Wildman–Crippen MR) is 79.7 cm³/mol. The summed E-state index contributed by atoms with van der Waals surface area (Å²) in [4.78, 5) is 4.43. The monoisotopic (exact) mass is 278 g/mol. The van der Waals surface area contributed by atoms with Crippen LogP contribution in [0.4, 0.5) is 4.39 Å². The highest BCUT2D eigenvalue weighted by Gasteiger charge is 2.15. The highest BCUT2D eigenvalue weighted by molar-refractivity contribution is 5.79. The predicted octanol–water partition coefficient (Wildman–Crippen LogP) is 2.29. The number of guanidine groups is 1. The minimum atomic E-state index is -0.140. The molecular weight excluding hydrogens is 255 g/mol. The lowest BCUT2D eigenvalue weighted by molar-refractivity contribution is 0.607. The first-order valence-corrected chi connectivity index (χ1v) is 7.13. The molecule has 0 amide bonds. The molecule has 1 aromatic rings. The lowest BCUT2D eigenvalue weighted by atomic mass is 10.1. The fraction of sp³-hybridized carbons (Fsp3) is 0.533. The van der Waals surface area contributed by atoms with E-state index in [1.807, 2.05) is 12.1 Å². The van der Waals surface area contributed by atoms with Gasteiger partial charge in [-0.25, -0.2) is 15.2 Å². The Hall–Kier alpha value is -1.62. The van der Waals surface area contributed by atoms with Crippen molar-refractivity contribution in [3.05, 3.63) is 34.6 Å². The highest BCUT2D eigenvalue weighted by Crippen LogP contribution is 2.18. The van der Waals surface area contributed by atoms with Crippen molar-refractivity contribution in [3.63, 3.8) is 0 Å². The van der Waals surface area contributed by atoms with Crippen molar-refractivity contribution in [1.82, 2.24) is 10.7 Å². The van der Waals surface area contributed by atoms with E-state index in [1.54, 1.807) is 13.8 Å². The number of rotatable bonds is 3. The number of hydrogen-bond donors (Lipinski definition) is 3. The van der Waals surface area contributed by atoms with Crippen LogP contribution in [0.3, 0.4) is 0 Å². The van der Waals surface area contributed by atoms with Gasteiger partial charge >= 0.3 is 0 Å². The Kier molecular flexibility index (Phi) is 4.95. The van der Waals surface area contributed by atoms with Crippen molar-refractivity contribution in [1.29, 1.82) is 0 Å². The van der Waals surface area contributed by atoms with E-state index in [0.29, 0.717) is 29.7 Å². The first kappa shape index (κ1) is 14.8. The van der Waals surface area contributed by atoms with Gasteiger partial charge in [-0.2, -0.15) is 0 Å². The zero-order valence-electron chi connectivity index (χ0n) is 12.2. The average Bonchev–Trinajstić information content (AvgIpc) is 2.93. The number of nitrogens with two attached hydrogens (primary N) is 1. The van der Waals surface area contributed by atoms with Crippen LogP contribution in [-0.4, -0.2) is 12.0 Å². The van der Waals surface area contributed by atoms with E-state index in [-0.39, 0.29) is 5.82 Å². The second-order valence-corrected chi connectivity index (χ2v) is 5.48. The molecule has 1 saturated carbocycles. The fourth-order valence-corrected chi connectivity index (χ4v) is 2.69. The number of hydrogen-bond acceptors (Lipinski definition) is 2. The van der Waals surface area contributed by atoms with Gasteiger partial charge in [0.1, 0.15) is 5.82 Å². The van der Waals surface area contributed by atoms with Crippen LogP contribution in [0.2, 0.25) is 0 Å². The van der Waals surface area contributed by atoms with Gasteiger partial charge in [-0.1, -0.05) is 25.0 Å². The largest absolute Gasteiger partial charge is 0.353 e. The molecule has 0 heterocycles. The van der Waals surface area contributed by atoms with E-state index in [9.17, 15) is 4.39 Å². The summed E-state index contributed by atoms with van der Waals surface area (Å²) in [5.74, 6) is 5.96. The molecule has 4 nitrogen and oxygen atoms in total. The summed E-state index contributed by atoms with van der Waals surface area (Å²) in [6, 6.07) is 4.12. The number of halogens is 1. The minimum absolute atomic E-state index is 0.140. The maximum absolute atomic E-state index is 13.6. The summed E-state index contributed by atoms with van der Waals surface area (Å²) in [7, 11) is 0. The SMILES string of the molecule is Cc1cc(CN=C(NN)NC2CCCC2)cc(C)c1F. The first-order chi connectivity index (χ1) is 9.60. The standard InChI is InChI=1S/C15H23FN4/c1-10-7-12(8-11(2)14(10)16)9-18-15(20-17)19-13-5-3-4-6-13/h7-8,13H,3-6,9,17H2,1-2H3,(H2,18,19,20). The molecule has 0 unspecified atom stereocenters. The van der Waals surface area contributed by atoms with E-state index < -0.39 is 0 Å². The van der Waals surface area contributed by atoms with E-state index in [2.05, 4.69) is 15.7 Å². The molecule has 0 aliphatic heterocycles. The summed E-state index contributed by atoms with van der Waals surface area (Å²) in [6.07, 6.45) is 4.84. The van der Waals surface area contributed by atoms with Gasteiger partial charge < -0.3 is 5.32 Å². The normalized spacial score (nSPS) is 16.5. The topological polar surface area (TPSA) is 62.4 Å². The van der Waals surface area contributed by atoms with Gasteiger partial charge in [-0.3, -0.25) is 5.43 Å². The Balaban J connectivity index is 2.02. The number of benzene rings is 1. The molecule has 5 heteroatoms. The summed E-state index contributed by atoms with van der Waals surface area (Å²) in [6.45, 7) is 4.03. The van der Waals surface area contributed by atoms with Gasteiger partial charge in [0.25, 0.3) is 0 Å². The van der Waals surface area contributed by atoms with Gasteiger partial charge in [0, 0.05) is 6.04 Å². The fourth-order valence-electron chi connectivity index (χ4n) is 2.69. The molecule has 4 N–H and O–H groups in total. The van der Waals surface area contributed by atoms with Gasteiger partial charge in [0.05, 0.1) is 6.54 Å². The van der Waals surface area contributed by atoms with Crippen LogP contribution in [-0.2, 0) is 6.54 Å². The van der Waals surface area contributed by atoms with Crippen LogP contribution in [0, 0.1) is 19.7 Å². The summed E-state index contributed by atoms with van der Waals surface area (Å²) >= 11 is 0. The zero-order chi connectivity index (χ0) is 14.5. The van der Waals surface area contributed by atoms with Crippen molar-refractivity contribution < 1.29 is 4.39 Å². The van der Waals surface area contributed by atoms with Crippen LogP contribution in [0.1, 0.15) is 42.4 Å². The van der Waals surface area contributed by atoms with Crippen LogP contribution in [0.5, 0.6) is 0 Å². The Bertz CT molecular complexity index is 470. The van der Waals surface area contributed by atoms with Crippen LogP contribution < -0.4 is 16.6 Å². The molecule has 1 fully saturated rings. The van der Waals surface area contributed by atoms with Crippen LogP contribution in [0.15, 0.2) is 17.1 Å². The number of hydrazine groups is 1. The maximum Gasteiger partial charge on any atom is 0.206 e. The Morgan fingerprint density at radius 2 is 1.90 bits per heavy atom. The molecule has 1 aliphatic rings. The van der Waals surface area contributed by atoms with E-state index in [1.165, 1.54) is 12.8 Å². The van der Waals surface area contributed by atoms with Gasteiger partial charge in [-0.05, 0) is 43.4 Å². The zero-order valence-corrected chi connectivity index (χ0v) is 12.2. The summed E-state index contributed by atoms with van der Waals surface area (Å²) in [5, 5.41) is 3.32. The van der Waals surface area contributed by atoms with Crippen LogP contribution in [0.25, 0.3) is 0 Å². The Morgan fingerprint density at radius 1 is 1.30 bits per heavy atom. The third-order valence-corrected chi connectivity index (χ3v) is 3.75. The highest BCUT2D eigenvalue weighted by atomic mass is 19.1. The van der Waals surface area contributed by atoms with Crippen molar-refractivity contribution >= 4 is 5.96 Å². The molecule has 1 aliphatic carbocycles. The molecule has 0 saturated heterocycles. The number of aryl methyl sites for hydroxylation is 2. The molecule has 0 atom stereocenters. The second-order valence-electron chi connectivity index (χ2n) is 5.48. The van der Waals surface area contributed by atoms with E-state index in [4.69, 9.17) is 5.84 Å². The lowest BCUT2D eigenvalue weighted by Gasteiger charge is -2.15. The molecule has 0 bridgehead atoms. The molecule has 1 aromatic carbocycles. The van der Waals surface area contributed by atoms with Gasteiger partial charge in [-0.15, -0.1) is 0 Å². The average molecular weight is 278 g/mol. The van der Waals surface area contributed by atoms with Gasteiger partial charge in [0.15, 0.2) is 0 Å². The van der Waals surface area contributed by atoms with E-state index >= 15 is 0 Å². The third kappa shape index (κ3) is 3.70. The van der Waals surface area contributed by atoms with E-state index in [0.717, 1.165) is 18.4 Å².